The van der Waals surface area contributed by atoms with Crippen LogP contribution in [0.3, 0.4) is 0 Å². The molecule has 0 amide bonds. The van der Waals surface area contributed by atoms with Crippen LogP contribution in [0.5, 0.6) is 0 Å². The maximum Gasteiger partial charge on any atom is 0.306 e. The lowest BCUT2D eigenvalue weighted by Crippen LogP contribution is -2.30. The van der Waals surface area contributed by atoms with Gasteiger partial charge >= 0.3 is 17.9 Å². The molecule has 0 heterocycles. The summed E-state index contributed by atoms with van der Waals surface area (Å²) in [6.45, 7) is 6.45. The number of hydrogen-bond acceptors (Lipinski definition) is 6. The summed E-state index contributed by atoms with van der Waals surface area (Å²) in [7, 11) is 0. The zero-order valence-electron chi connectivity index (χ0n) is 49.2. The van der Waals surface area contributed by atoms with Gasteiger partial charge in [-0.2, -0.15) is 0 Å². The van der Waals surface area contributed by atoms with Crippen molar-refractivity contribution < 1.29 is 28.6 Å². The van der Waals surface area contributed by atoms with Crippen molar-refractivity contribution in [1.29, 1.82) is 0 Å². The Morgan fingerprint density at radius 2 is 0.513 bits per heavy atom. The number of allylic oxidation sites excluding steroid dienone is 22. The molecule has 0 N–H and O–H groups in total. The molecule has 6 heteroatoms. The van der Waals surface area contributed by atoms with E-state index in [9.17, 15) is 14.4 Å². The van der Waals surface area contributed by atoms with Crippen LogP contribution >= 0.6 is 0 Å². The largest absolute Gasteiger partial charge is 0.462 e. The zero-order chi connectivity index (χ0) is 55.0. The molecule has 0 spiro atoms. The molecule has 0 aromatic rings. The van der Waals surface area contributed by atoms with Gasteiger partial charge in [0.2, 0.25) is 0 Å². The maximum atomic E-state index is 12.9. The first-order chi connectivity index (χ1) is 37.5. The second kappa shape index (κ2) is 63.1. The summed E-state index contributed by atoms with van der Waals surface area (Å²) >= 11 is 0. The molecule has 0 aromatic carbocycles. The summed E-state index contributed by atoms with van der Waals surface area (Å²) in [6, 6.07) is 0. The van der Waals surface area contributed by atoms with Crippen molar-refractivity contribution in [2.45, 2.75) is 277 Å². The number of carbonyl (C=O) groups is 3. The monoisotopic (exact) mass is 1050 g/mol. The van der Waals surface area contributed by atoms with Crippen LogP contribution in [0.4, 0.5) is 0 Å². The van der Waals surface area contributed by atoms with Crippen molar-refractivity contribution in [1.82, 2.24) is 0 Å². The standard InChI is InChI=1S/C70H114O6/c1-4-7-10-13-16-19-22-24-26-28-29-30-31-32-33-34-35-36-37-38-39-40-41-43-44-46-48-51-54-57-60-63-69(72)75-66-67(65-74-68(71)62-59-56-53-50-21-18-15-12-9-6-3)76-70(73)64-61-58-55-52-49-47-45-42-27-25-23-20-17-14-11-8-5-2/h7,10,16-17,19-20,24-27,29-30,32-33,35-36,38-39,41,43,46,48,67H,4-6,8-9,11-15,18,21-23,28,31,34,37,40,42,44-45,47,49-66H2,1-3H3/b10-7-,19-16-,20-17-,26-24-,27-25-,30-29-,33-32-,36-35-,39-38-,43-41-,48-46-. The first-order valence-electron chi connectivity index (χ1n) is 31.2. The van der Waals surface area contributed by atoms with Crippen LogP contribution in [-0.4, -0.2) is 37.2 Å². The molecule has 1 unspecified atom stereocenters. The van der Waals surface area contributed by atoms with Gasteiger partial charge in [0.05, 0.1) is 0 Å². The van der Waals surface area contributed by atoms with Gasteiger partial charge in [0, 0.05) is 19.3 Å². The van der Waals surface area contributed by atoms with E-state index < -0.39 is 6.10 Å². The van der Waals surface area contributed by atoms with E-state index in [0.717, 1.165) is 135 Å². The highest BCUT2D eigenvalue weighted by atomic mass is 16.6. The third-order valence-corrected chi connectivity index (χ3v) is 12.9. The number of unbranched alkanes of at least 4 members (excludes halogenated alkanes) is 22. The van der Waals surface area contributed by atoms with E-state index in [2.05, 4.69) is 154 Å². The smallest absolute Gasteiger partial charge is 0.306 e. The molecular formula is C70H114O6. The highest BCUT2D eigenvalue weighted by Gasteiger charge is 2.19. The molecule has 430 valence electrons. The number of hydrogen-bond donors (Lipinski definition) is 0. The molecule has 0 aliphatic carbocycles. The molecule has 0 fully saturated rings. The Hall–Kier alpha value is -4.45. The molecule has 0 saturated carbocycles. The molecule has 0 aromatic heterocycles. The van der Waals surface area contributed by atoms with Gasteiger partial charge < -0.3 is 14.2 Å². The fourth-order valence-corrected chi connectivity index (χ4v) is 8.23. The van der Waals surface area contributed by atoms with Gasteiger partial charge in [-0.05, 0) is 122 Å². The first-order valence-corrected chi connectivity index (χ1v) is 31.2. The summed E-state index contributed by atoms with van der Waals surface area (Å²) in [5, 5.41) is 0. The quantitative estimate of drug-likeness (QED) is 0.0261. The van der Waals surface area contributed by atoms with Gasteiger partial charge in [-0.1, -0.05) is 264 Å². The fraction of sp³-hybridized carbons (Fsp3) is 0.643. The Labute approximate surface area is 468 Å². The van der Waals surface area contributed by atoms with E-state index in [0.29, 0.717) is 19.3 Å². The van der Waals surface area contributed by atoms with E-state index in [1.807, 2.05) is 0 Å². The highest BCUT2D eigenvalue weighted by molar-refractivity contribution is 5.71. The summed E-state index contributed by atoms with van der Waals surface area (Å²) in [5.74, 6) is -0.937. The van der Waals surface area contributed by atoms with Gasteiger partial charge in [0.25, 0.3) is 0 Å². The molecule has 0 radical (unpaired) electrons. The van der Waals surface area contributed by atoms with E-state index in [1.165, 1.54) is 96.3 Å². The van der Waals surface area contributed by atoms with Crippen LogP contribution in [0.1, 0.15) is 271 Å². The predicted molar refractivity (Wildman–Crippen MR) is 329 cm³/mol. The van der Waals surface area contributed by atoms with Gasteiger partial charge in [0.1, 0.15) is 13.2 Å². The lowest BCUT2D eigenvalue weighted by molar-refractivity contribution is -0.167. The summed E-state index contributed by atoms with van der Waals surface area (Å²) in [5.41, 5.74) is 0. The third kappa shape index (κ3) is 60.4. The molecule has 0 bridgehead atoms. The topological polar surface area (TPSA) is 78.9 Å². The number of ether oxygens (including phenoxy) is 3. The minimum atomic E-state index is -0.799. The van der Waals surface area contributed by atoms with Crippen LogP contribution in [0.2, 0.25) is 0 Å². The second-order valence-electron chi connectivity index (χ2n) is 20.2. The maximum absolute atomic E-state index is 12.9. The second-order valence-corrected chi connectivity index (χ2v) is 20.2. The van der Waals surface area contributed by atoms with Gasteiger partial charge in [-0.25, -0.2) is 0 Å². The molecule has 0 rings (SSSR count). The molecule has 0 aliphatic rings. The number of carbonyl (C=O) groups excluding carboxylic acids is 3. The molecule has 0 aliphatic heterocycles. The Morgan fingerprint density at radius 1 is 0.276 bits per heavy atom. The van der Waals surface area contributed by atoms with Crippen LogP contribution in [0, 0.1) is 0 Å². The Balaban J connectivity index is 4.34. The lowest BCUT2D eigenvalue weighted by atomic mass is 10.1. The summed E-state index contributed by atoms with van der Waals surface area (Å²) in [6.07, 6.45) is 88.8. The van der Waals surface area contributed by atoms with Crippen LogP contribution in [0.25, 0.3) is 0 Å². The highest BCUT2D eigenvalue weighted by Crippen LogP contribution is 2.14. The fourth-order valence-electron chi connectivity index (χ4n) is 8.23. The zero-order valence-corrected chi connectivity index (χ0v) is 49.2. The predicted octanol–water partition coefficient (Wildman–Crippen LogP) is 21.4. The number of rotatable bonds is 55. The SMILES string of the molecule is CC/C=C\C/C=C\C/C=C\C/C=C\C/C=C\C/C=C\C/C=C\C/C=C\C/C=C\CCCCCC(=O)OCC(COC(=O)CCCCCCCCCCCC)OC(=O)CCCCCCCCC/C=C\C/C=C\CCCCC. The van der Waals surface area contributed by atoms with E-state index in [1.54, 1.807) is 0 Å². The van der Waals surface area contributed by atoms with Crippen LogP contribution in [-0.2, 0) is 28.6 Å². The van der Waals surface area contributed by atoms with Gasteiger partial charge in [-0.3, -0.25) is 14.4 Å². The van der Waals surface area contributed by atoms with E-state index >= 15 is 0 Å². The van der Waals surface area contributed by atoms with Gasteiger partial charge in [-0.15, -0.1) is 0 Å². The first kappa shape index (κ1) is 71.5. The average Bonchev–Trinajstić information content (AvgIpc) is 3.42. The van der Waals surface area contributed by atoms with Crippen molar-refractivity contribution in [3.63, 3.8) is 0 Å². The average molecular weight is 1050 g/mol. The Morgan fingerprint density at radius 3 is 0.842 bits per heavy atom. The molecular weight excluding hydrogens is 937 g/mol. The van der Waals surface area contributed by atoms with Crippen molar-refractivity contribution >= 4 is 17.9 Å². The normalized spacial score (nSPS) is 13.0. The summed E-state index contributed by atoms with van der Waals surface area (Å²) < 4.78 is 16.8. The Kier molecular flexibility index (Phi) is 59.4. The minimum Gasteiger partial charge on any atom is -0.462 e. The minimum absolute atomic E-state index is 0.0934. The van der Waals surface area contributed by atoms with Crippen LogP contribution in [0.15, 0.2) is 134 Å². The molecule has 76 heavy (non-hydrogen) atoms. The van der Waals surface area contributed by atoms with Crippen molar-refractivity contribution in [3.05, 3.63) is 134 Å². The van der Waals surface area contributed by atoms with E-state index in [-0.39, 0.29) is 31.1 Å². The van der Waals surface area contributed by atoms with E-state index in [4.69, 9.17) is 14.2 Å². The van der Waals surface area contributed by atoms with Crippen molar-refractivity contribution in [2.24, 2.45) is 0 Å². The lowest BCUT2D eigenvalue weighted by Gasteiger charge is -2.18. The number of esters is 3. The summed E-state index contributed by atoms with van der Waals surface area (Å²) in [4.78, 5) is 38.2. The Bertz CT molecular complexity index is 1630. The van der Waals surface area contributed by atoms with Crippen LogP contribution < -0.4 is 0 Å². The molecule has 0 saturated heterocycles. The molecule has 1 atom stereocenters. The van der Waals surface area contributed by atoms with Crippen molar-refractivity contribution in [2.75, 3.05) is 13.2 Å². The van der Waals surface area contributed by atoms with Gasteiger partial charge in [0.15, 0.2) is 6.10 Å². The van der Waals surface area contributed by atoms with Crippen molar-refractivity contribution in [3.8, 4) is 0 Å². The molecule has 6 nitrogen and oxygen atoms in total. The third-order valence-electron chi connectivity index (χ3n) is 12.9.